The second-order valence-corrected chi connectivity index (χ2v) is 4.07. The highest BCUT2D eigenvalue weighted by molar-refractivity contribution is 5.90. The first-order valence-electron chi connectivity index (χ1n) is 6.78. The summed E-state index contributed by atoms with van der Waals surface area (Å²) < 4.78 is 21.1. The fourth-order valence-corrected chi connectivity index (χ4v) is 1.53. The maximum absolute atomic E-state index is 11.7. The van der Waals surface area contributed by atoms with Crippen molar-refractivity contribution in [2.75, 3.05) is 33.5 Å². The monoisotopic (exact) mass is 282 g/mol. The largest absolute Gasteiger partial charge is 0.490 e. The van der Waals surface area contributed by atoms with Gasteiger partial charge in [0, 0.05) is 7.11 Å². The first-order valence-corrected chi connectivity index (χ1v) is 6.78. The number of benzene rings is 1. The molecular formula is C15H22O5. The SMILES string of the molecule is CCCOc1ccc(C(=O)OCC)cc1OCCOC. The summed E-state index contributed by atoms with van der Waals surface area (Å²) in [5.74, 6) is 0.781. The molecule has 5 nitrogen and oxygen atoms in total. The molecule has 1 aromatic carbocycles. The molecule has 0 saturated carbocycles. The Bertz CT molecular complexity index is 417. The van der Waals surface area contributed by atoms with Crippen molar-refractivity contribution in [3.63, 3.8) is 0 Å². The fraction of sp³-hybridized carbons (Fsp3) is 0.533. The third-order valence-corrected chi connectivity index (χ3v) is 2.46. The van der Waals surface area contributed by atoms with Crippen molar-refractivity contribution in [3.8, 4) is 11.5 Å². The van der Waals surface area contributed by atoms with E-state index < -0.39 is 0 Å². The van der Waals surface area contributed by atoms with Gasteiger partial charge in [-0.2, -0.15) is 0 Å². The summed E-state index contributed by atoms with van der Waals surface area (Å²) in [5.41, 5.74) is 0.447. The van der Waals surface area contributed by atoms with Gasteiger partial charge in [0.25, 0.3) is 0 Å². The van der Waals surface area contributed by atoms with Gasteiger partial charge in [-0.3, -0.25) is 0 Å². The molecule has 20 heavy (non-hydrogen) atoms. The van der Waals surface area contributed by atoms with E-state index in [1.165, 1.54) is 0 Å². The maximum atomic E-state index is 11.7. The summed E-state index contributed by atoms with van der Waals surface area (Å²) in [5, 5.41) is 0. The highest BCUT2D eigenvalue weighted by atomic mass is 16.5. The van der Waals surface area contributed by atoms with E-state index in [1.807, 2.05) is 6.92 Å². The van der Waals surface area contributed by atoms with Crippen LogP contribution in [0.1, 0.15) is 30.6 Å². The van der Waals surface area contributed by atoms with Gasteiger partial charge in [-0.25, -0.2) is 4.79 Å². The molecule has 0 atom stereocenters. The zero-order chi connectivity index (χ0) is 14.8. The Morgan fingerprint density at radius 3 is 2.45 bits per heavy atom. The van der Waals surface area contributed by atoms with Crippen LogP contribution in [-0.4, -0.2) is 39.5 Å². The zero-order valence-electron chi connectivity index (χ0n) is 12.3. The van der Waals surface area contributed by atoms with E-state index in [1.54, 1.807) is 32.2 Å². The Morgan fingerprint density at radius 1 is 1.05 bits per heavy atom. The Hall–Kier alpha value is -1.75. The van der Waals surface area contributed by atoms with Gasteiger partial charge in [-0.1, -0.05) is 6.92 Å². The minimum atomic E-state index is -0.369. The van der Waals surface area contributed by atoms with Gasteiger partial charge in [0.05, 0.1) is 25.4 Å². The van der Waals surface area contributed by atoms with Crippen molar-refractivity contribution in [2.24, 2.45) is 0 Å². The molecule has 0 N–H and O–H groups in total. The number of esters is 1. The molecule has 112 valence electrons. The van der Waals surface area contributed by atoms with E-state index in [-0.39, 0.29) is 5.97 Å². The Labute approximate surface area is 119 Å². The molecule has 0 radical (unpaired) electrons. The number of rotatable bonds is 9. The van der Waals surface area contributed by atoms with Gasteiger partial charge in [-0.05, 0) is 31.5 Å². The second-order valence-electron chi connectivity index (χ2n) is 4.07. The number of methoxy groups -OCH3 is 1. The first-order chi connectivity index (χ1) is 9.72. The lowest BCUT2D eigenvalue weighted by molar-refractivity contribution is 0.0525. The lowest BCUT2D eigenvalue weighted by Crippen LogP contribution is -2.09. The van der Waals surface area contributed by atoms with E-state index in [9.17, 15) is 4.79 Å². The fourth-order valence-electron chi connectivity index (χ4n) is 1.53. The molecule has 0 amide bonds. The summed E-state index contributed by atoms with van der Waals surface area (Å²) in [6.45, 7) is 5.60. The van der Waals surface area contributed by atoms with Gasteiger partial charge in [0.15, 0.2) is 11.5 Å². The smallest absolute Gasteiger partial charge is 0.338 e. The van der Waals surface area contributed by atoms with Gasteiger partial charge in [-0.15, -0.1) is 0 Å². The highest BCUT2D eigenvalue weighted by Crippen LogP contribution is 2.29. The maximum Gasteiger partial charge on any atom is 0.338 e. The molecule has 0 fully saturated rings. The minimum Gasteiger partial charge on any atom is -0.490 e. The average molecular weight is 282 g/mol. The minimum absolute atomic E-state index is 0.340. The molecule has 0 heterocycles. The average Bonchev–Trinajstić information content (AvgIpc) is 2.46. The van der Waals surface area contributed by atoms with Gasteiger partial charge >= 0.3 is 5.97 Å². The van der Waals surface area contributed by atoms with Crippen LogP contribution < -0.4 is 9.47 Å². The number of ether oxygens (including phenoxy) is 4. The van der Waals surface area contributed by atoms with Gasteiger partial charge in [0.2, 0.25) is 0 Å². The lowest BCUT2D eigenvalue weighted by atomic mass is 10.2. The molecular weight excluding hydrogens is 260 g/mol. The molecule has 1 aromatic rings. The number of hydrogen-bond acceptors (Lipinski definition) is 5. The van der Waals surface area contributed by atoms with Crippen LogP contribution in [0.2, 0.25) is 0 Å². The van der Waals surface area contributed by atoms with Crippen LogP contribution in [0.15, 0.2) is 18.2 Å². The number of carbonyl (C=O) groups excluding carboxylic acids is 1. The van der Waals surface area contributed by atoms with Crippen molar-refractivity contribution >= 4 is 5.97 Å². The van der Waals surface area contributed by atoms with Crippen LogP contribution in [0, 0.1) is 0 Å². The summed E-state index contributed by atoms with van der Waals surface area (Å²) in [6.07, 6.45) is 0.900. The van der Waals surface area contributed by atoms with E-state index in [4.69, 9.17) is 18.9 Å². The summed E-state index contributed by atoms with van der Waals surface area (Å²) in [6, 6.07) is 5.04. The van der Waals surface area contributed by atoms with E-state index in [0.717, 1.165) is 6.42 Å². The topological polar surface area (TPSA) is 54.0 Å². The third-order valence-electron chi connectivity index (χ3n) is 2.46. The molecule has 1 rings (SSSR count). The van der Waals surface area contributed by atoms with Crippen molar-refractivity contribution in [2.45, 2.75) is 20.3 Å². The van der Waals surface area contributed by atoms with Crippen molar-refractivity contribution < 1.29 is 23.7 Å². The standard InChI is InChI=1S/C15H22O5/c1-4-8-19-13-7-6-12(15(16)18-5-2)11-14(13)20-10-9-17-3/h6-7,11H,4-5,8-10H2,1-3H3. The van der Waals surface area contributed by atoms with Crippen LogP contribution >= 0.6 is 0 Å². The lowest BCUT2D eigenvalue weighted by Gasteiger charge is -2.13. The van der Waals surface area contributed by atoms with E-state index in [2.05, 4.69) is 0 Å². The molecule has 0 aliphatic carbocycles. The van der Waals surface area contributed by atoms with Crippen molar-refractivity contribution in [1.82, 2.24) is 0 Å². The van der Waals surface area contributed by atoms with Crippen LogP contribution in [0.4, 0.5) is 0 Å². The van der Waals surface area contributed by atoms with E-state index in [0.29, 0.717) is 43.5 Å². The molecule has 0 bridgehead atoms. The van der Waals surface area contributed by atoms with E-state index >= 15 is 0 Å². The van der Waals surface area contributed by atoms with Crippen molar-refractivity contribution in [1.29, 1.82) is 0 Å². The molecule has 0 aliphatic heterocycles. The third kappa shape index (κ3) is 5.09. The second kappa shape index (κ2) is 9.20. The van der Waals surface area contributed by atoms with Crippen LogP contribution in [0.25, 0.3) is 0 Å². The molecule has 0 aliphatic rings. The normalized spacial score (nSPS) is 10.2. The molecule has 0 aromatic heterocycles. The van der Waals surface area contributed by atoms with Crippen LogP contribution in [0.3, 0.4) is 0 Å². The highest BCUT2D eigenvalue weighted by Gasteiger charge is 2.12. The summed E-state index contributed by atoms with van der Waals surface area (Å²) >= 11 is 0. The van der Waals surface area contributed by atoms with Crippen molar-refractivity contribution in [3.05, 3.63) is 23.8 Å². The summed E-state index contributed by atoms with van der Waals surface area (Å²) in [4.78, 5) is 11.7. The Morgan fingerprint density at radius 2 is 1.80 bits per heavy atom. The molecule has 5 heteroatoms. The molecule has 0 unspecified atom stereocenters. The first kappa shape index (κ1) is 16.3. The Balaban J connectivity index is 2.85. The Kier molecular flexibility index (Phi) is 7.50. The predicted octanol–water partition coefficient (Wildman–Crippen LogP) is 2.68. The predicted molar refractivity (Wildman–Crippen MR) is 75.6 cm³/mol. The number of carbonyl (C=O) groups is 1. The van der Waals surface area contributed by atoms with Crippen LogP contribution in [0.5, 0.6) is 11.5 Å². The quantitative estimate of drug-likeness (QED) is 0.515. The molecule has 0 spiro atoms. The van der Waals surface area contributed by atoms with Crippen LogP contribution in [-0.2, 0) is 9.47 Å². The van der Waals surface area contributed by atoms with Gasteiger partial charge in [0.1, 0.15) is 6.61 Å². The zero-order valence-corrected chi connectivity index (χ0v) is 12.3. The molecule has 0 saturated heterocycles. The summed E-state index contributed by atoms with van der Waals surface area (Å²) in [7, 11) is 1.60. The number of hydrogen-bond donors (Lipinski definition) is 0. The van der Waals surface area contributed by atoms with Gasteiger partial charge < -0.3 is 18.9 Å².